The van der Waals surface area contributed by atoms with Crippen molar-refractivity contribution in [3.05, 3.63) is 35.4 Å². The van der Waals surface area contributed by atoms with Gasteiger partial charge < -0.3 is 10.2 Å². The normalized spacial score (nSPS) is 30.1. The smallest absolute Gasteiger partial charge is 0.0908 e. The molecule has 1 aromatic rings. The molecule has 2 heteroatoms. The van der Waals surface area contributed by atoms with Crippen LogP contribution in [-0.4, -0.2) is 21.9 Å². The van der Waals surface area contributed by atoms with Crippen molar-refractivity contribution in [2.45, 2.75) is 57.7 Å². The second-order valence-corrected chi connectivity index (χ2v) is 6.00. The molecular formula is C16H24O2. The number of rotatable bonds is 3. The van der Waals surface area contributed by atoms with E-state index in [2.05, 4.69) is 13.0 Å². The van der Waals surface area contributed by atoms with Crippen molar-refractivity contribution in [1.29, 1.82) is 0 Å². The first-order valence-electron chi connectivity index (χ1n) is 6.95. The molecule has 0 spiro atoms. The topological polar surface area (TPSA) is 40.5 Å². The van der Waals surface area contributed by atoms with Crippen LogP contribution in [0, 0.1) is 12.8 Å². The van der Waals surface area contributed by atoms with Gasteiger partial charge in [-0.05, 0) is 44.1 Å². The Bertz CT molecular complexity index is 392. The number of hydrogen-bond acceptors (Lipinski definition) is 2. The second kappa shape index (κ2) is 5.41. The molecule has 1 saturated carbocycles. The van der Waals surface area contributed by atoms with Crippen LogP contribution in [0.2, 0.25) is 0 Å². The molecule has 2 nitrogen and oxygen atoms in total. The van der Waals surface area contributed by atoms with Crippen LogP contribution in [0.25, 0.3) is 0 Å². The summed E-state index contributed by atoms with van der Waals surface area (Å²) in [6.07, 6.45) is 3.38. The maximum absolute atomic E-state index is 10.5. The third-order valence-electron chi connectivity index (χ3n) is 4.27. The lowest BCUT2D eigenvalue weighted by molar-refractivity contribution is -0.102. The van der Waals surface area contributed by atoms with Crippen LogP contribution in [0.4, 0.5) is 0 Å². The van der Waals surface area contributed by atoms with Gasteiger partial charge in [0.05, 0.1) is 11.7 Å². The molecule has 1 fully saturated rings. The summed E-state index contributed by atoms with van der Waals surface area (Å²) < 4.78 is 0. The number of hydrogen-bond donors (Lipinski definition) is 2. The molecule has 0 radical (unpaired) electrons. The minimum absolute atomic E-state index is 0.548. The Hall–Kier alpha value is -0.860. The van der Waals surface area contributed by atoms with Gasteiger partial charge in [-0.15, -0.1) is 0 Å². The lowest BCUT2D eigenvalue weighted by Crippen LogP contribution is -2.46. The summed E-state index contributed by atoms with van der Waals surface area (Å²) in [5.74, 6) is 0.677. The SMILES string of the molecule is Cc1cccc(CC(O)C2(O)CCC(C)CC2)c1. The van der Waals surface area contributed by atoms with Crippen LogP contribution in [0.5, 0.6) is 0 Å². The van der Waals surface area contributed by atoms with E-state index in [-0.39, 0.29) is 0 Å². The predicted molar refractivity (Wildman–Crippen MR) is 73.5 cm³/mol. The summed E-state index contributed by atoms with van der Waals surface area (Å²) in [5, 5.41) is 20.9. The largest absolute Gasteiger partial charge is 0.390 e. The number of benzene rings is 1. The summed E-state index contributed by atoms with van der Waals surface area (Å²) in [4.78, 5) is 0. The van der Waals surface area contributed by atoms with E-state index in [0.29, 0.717) is 12.3 Å². The lowest BCUT2D eigenvalue weighted by Gasteiger charge is -2.38. The van der Waals surface area contributed by atoms with Gasteiger partial charge in [0.25, 0.3) is 0 Å². The zero-order valence-electron chi connectivity index (χ0n) is 11.4. The van der Waals surface area contributed by atoms with Gasteiger partial charge in [-0.1, -0.05) is 36.8 Å². The highest BCUT2D eigenvalue weighted by molar-refractivity contribution is 5.23. The van der Waals surface area contributed by atoms with Crippen LogP contribution < -0.4 is 0 Å². The van der Waals surface area contributed by atoms with E-state index in [9.17, 15) is 10.2 Å². The molecule has 18 heavy (non-hydrogen) atoms. The summed E-state index contributed by atoms with van der Waals surface area (Å²) in [5.41, 5.74) is 1.43. The van der Waals surface area contributed by atoms with E-state index in [1.165, 1.54) is 5.56 Å². The molecule has 0 aliphatic heterocycles. The van der Waals surface area contributed by atoms with Gasteiger partial charge in [0.15, 0.2) is 0 Å². The molecular weight excluding hydrogens is 224 g/mol. The minimum atomic E-state index is -0.879. The zero-order valence-corrected chi connectivity index (χ0v) is 11.4. The third kappa shape index (κ3) is 3.12. The molecule has 1 aromatic carbocycles. The summed E-state index contributed by atoms with van der Waals surface area (Å²) in [7, 11) is 0. The Labute approximate surface area is 110 Å². The fourth-order valence-corrected chi connectivity index (χ4v) is 2.85. The Kier molecular flexibility index (Phi) is 4.08. The highest BCUT2D eigenvalue weighted by atomic mass is 16.3. The monoisotopic (exact) mass is 248 g/mol. The first-order chi connectivity index (χ1) is 8.49. The van der Waals surface area contributed by atoms with Crippen LogP contribution in [-0.2, 0) is 6.42 Å². The van der Waals surface area contributed by atoms with Gasteiger partial charge in [-0.25, -0.2) is 0 Å². The Morgan fingerprint density at radius 3 is 2.61 bits per heavy atom. The fourth-order valence-electron chi connectivity index (χ4n) is 2.85. The van der Waals surface area contributed by atoms with Crippen molar-refractivity contribution >= 4 is 0 Å². The third-order valence-corrected chi connectivity index (χ3v) is 4.27. The predicted octanol–water partition coefficient (Wildman–Crippen LogP) is 2.84. The zero-order chi connectivity index (χ0) is 13.2. The molecule has 2 rings (SSSR count). The molecule has 0 saturated heterocycles. The Morgan fingerprint density at radius 1 is 1.33 bits per heavy atom. The molecule has 0 aromatic heterocycles. The van der Waals surface area contributed by atoms with Crippen LogP contribution in [0.15, 0.2) is 24.3 Å². The van der Waals surface area contributed by atoms with E-state index in [0.717, 1.165) is 31.2 Å². The van der Waals surface area contributed by atoms with Crippen LogP contribution in [0.3, 0.4) is 0 Å². The van der Waals surface area contributed by atoms with E-state index in [1.807, 2.05) is 25.1 Å². The van der Waals surface area contributed by atoms with Crippen molar-refractivity contribution in [3.8, 4) is 0 Å². The second-order valence-electron chi connectivity index (χ2n) is 6.00. The highest BCUT2D eigenvalue weighted by Gasteiger charge is 2.38. The summed E-state index contributed by atoms with van der Waals surface area (Å²) in [6.45, 7) is 4.26. The van der Waals surface area contributed by atoms with Gasteiger partial charge >= 0.3 is 0 Å². The van der Waals surface area contributed by atoms with Gasteiger partial charge in [0, 0.05) is 6.42 Å². The van der Waals surface area contributed by atoms with Gasteiger partial charge in [0.2, 0.25) is 0 Å². The molecule has 1 aliphatic carbocycles. The van der Waals surface area contributed by atoms with Gasteiger partial charge in [-0.2, -0.15) is 0 Å². The molecule has 1 aliphatic rings. The molecule has 1 unspecified atom stereocenters. The first-order valence-corrected chi connectivity index (χ1v) is 6.95. The molecule has 0 heterocycles. The summed E-state index contributed by atoms with van der Waals surface area (Å²) in [6, 6.07) is 8.15. The fraction of sp³-hybridized carbons (Fsp3) is 0.625. The Balaban J connectivity index is 2.01. The maximum atomic E-state index is 10.5. The Morgan fingerprint density at radius 2 is 2.00 bits per heavy atom. The van der Waals surface area contributed by atoms with Gasteiger partial charge in [0.1, 0.15) is 0 Å². The lowest BCUT2D eigenvalue weighted by atomic mass is 9.75. The maximum Gasteiger partial charge on any atom is 0.0908 e. The molecule has 1 atom stereocenters. The average Bonchev–Trinajstić information content (AvgIpc) is 2.33. The molecule has 100 valence electrons. The average molecular weight is 248 g/mol. The van der Waals surface area contributed by atoms with Crippen LogP contribution in [0.1, 0.15) is 43.7 Å². The van der Waals surface area contributed by atoms with Crippen molar-refractivity contribution < 1.29 is 10.2 Å². The summed E-state index contributed by atoms with van der Waals surface area (Å²) >= 11 is 0. The van der Waals surface area contributed by atoms with E-state index < -0.39 is 11.7 Å². The highest BCUT2D eigenvalue weighted by Crippen LogP contribution is 2.35. The first kappa shape index (κ1) is 13.6. The van der Waals surface area contributed by atoms with E-state index in [4.69, 9.17) is 0 Å². The van der Waals surface area contributed by atoms with Crippen LogP contribution >= 0.6 is 0 Å². The van der Waals surface area contributed by atoms with E-state index in [1.54, 1.807) is 0 Å². The standard InChI is InChI=1S/C16H24O2/c1-12-6-8-16(18,9-7-12)15(17)11-14-5-3-4-13(2)10-14/h3-5,10,12,15,17-18H,6-9,11H2,1-2H3. The van der Waals surface area contributed by atoms with E-state index >= 15 is 0 Å². The quantitative estimate of drug-likeness (QED) is 0.863. The molecule has 0 amide bonds. The number of aryl methyl sites for hydroxylation is 1. The number of aliphatic hydroxyl groups is 2. The van der Waals surface area contributed by atoms with Crippen molar-refractivity contribution in [2.24, 2.45) is 5.92 Å². The minimum Gasteiger partial charge on any atom is -0.390 e. The molecule has 0 bridgehead atoms. The molecule has 2 N–H and O–H groups in total. The van der Waals surface area contributed by atoms with Crippen molar-refractivity contribution in [2.75, 3.05) is 0 Å². The van der Waals surface area contributed by atoms with Crippen molar-refractivity contribution in [1.82, 2.24) is 0 Å². The number of aliphatic hydroxyl groups excluding tert-OH is 1. The van der Waals surface area contributed by atoms with Crippen molar-refractivity contribution in [3.63, 3.8) is 0 Å². The van der Waals surface area contributed by atoms with Gasteiger partial charge in [-0.3, -0.25) is 0 Å².